The molecule has 2 aromatic carbocycles. The fraction of sp³-hybridized carbons (Fsp3) is 0.286. The molecule has 6 heterocycles. The van der Waals surface area contributed by atoms with Crippen molar-refractivity contribution in [2.24, 2.45) is 5.41 Å². The van der Waals surface area contributed by atoms with Crippen LogP contribution < -0.4 is 20.4 Å². The number of para-hydroxylation sites is 1. The van der Waals surface area contributed by atoms with Gasteiger partial charge in [-0.2, -0.15) is 5.26 Å². The second-order valence-corrected chi connectivity index (χ2v) is 15.4. The topological polar surface area (TPSA) is 141 Å². The van der Waals surface area contributed by atoms with Gasteiger partial charge in [0.2, 0.25) is 0 Å². The molecule has 2 fully saturated rings. The van der Waals surface area contributed by atoms with E-state index in [9.17, 15) is 19.6 Å². The minimum absolute atomic E-state index is 0.193. The van der Waals surface area contributed by atoms with Crippen molar-refractivity contribution in [3.05, 3.63) is 117 Å². The predicted molar refractivity (Wildman–Crippen MR) is 210 cm³/mol. The lowest BCUT2D eigenvalue weighted by molar-refractivity contribution is -0.000519. The van der Waals surface area contributed by atoms with Gasteiger partial charge in [0, 0.05) is 60.9 Å². The first-order valence-electron chi connectivity index (χ1n) is 18.1. The molecule has 3 aromatic heterocycles. The fourth-order valence-electron chi connectivity index (χ4n) is 7.57. The van der Waals surface area contributed by atoms with Crippen molar-refractivity contribution in [3.63, 3.8) is 0 Å². The van der Waals surface area contributed by atoms with Crippen LogP contribution >= 0.6 is 11.3 Å². The zero-order valence-electron chi connectivity index (χ0n) is 30.4. The SMILES string of the molecule is Cc1ccc2c(n1)-c1sc(C(=O)Nc3c(C)cccc3C#N)cc1CCN2C(=O)c1ccc(NC(=O)c2ccc(C)nc2N2CC3(CCOCC3)C2)cc1. The highest BCUT2D eigenvalue weighted by molar-refractivity contribution is 7.17. The molecule has 0 unspecified atom stereocenters. The molecule has 0 radical (unpaired) electrons. The summed E-state index contributed by atoms with van der Waals surface area (Å²) in [4.78, 5) is 56.0. The second kappa shape index (κ2) is 14.2. The number of nitrogens with one attached hydrogen (secondary N) is 2. The summed E-state index contributed by atoms with van der Waals surface area (Å²) in [5.74, 6) is -0.0508. The van der Waals surface area contributed by atoms with E-state index in [1.54, 1.807) is 41.3 Å². The molecule has 3 amide bonds. The number of benzene rings is 2. The number of ether oxygens (including phenoxy) is 1. The Morgan fingerprint density at radius 3 is 2.39 bits per heavy atom. The number of thiophene rings is 1. The zero-order valence-corrected chi connectivity index (χ0v) is 31.2. The summed E-state index contributed by atoms with van der Waals surface area (Å²) in [6.45, 7) is 9.34. The number of pyridine rings is 2. The first-order valence-corrected chi connectivity index (χ1v) is 18.9. The Bertz CT molecular complexity index is 2350. The lowest BCUT2D eigenvalue weighted by Gasteiger charge is -2.53. The van der Waals surface area contributed by atoms with E-state index in [0.29, 0.717) is 63.1 Å². The van der Waals surface area contributed by atoms with E-state index < -0.39 is 0 Å². The molecule has 0 aliphatic carbocycles. The van der Waals surface area contributed by atoms with Crippen molar-refractivity contribution in [2.75, 3.05) is 53.3 Å². The van der Waals surface area contributed by atoms with Crippen molar-refractivity contribution < 1.29 is 19.1 Å². The van der Waals surface area contributed by atoms with Crippen LogP contribution in [-0.4, -0.2) is 60.5 Å². The number of aromatic nitrogens is 2. The van der Waals surface area contributed by atoms with Crippen LogP contribution in [0, 0.1) is 37.5 Å². The van der Waals surface area contributed by atoms with Gasteiger partial charge < -0.3 is 25.2 Å². The first kappa shape index (κ1) is 35.1. The second-order valence-electron chi connectivity index (χ2n) is 14.4. The number of anilines is 4. The van der Waals surface area contributed by atoms with Gasteiger partial charge in [0.1, 0.15) is 17.6 Å². The van der Waals surface area contributed by atoms with Gasteiger partial charge in [-0.15, -0.1) is 11.3 Å². The van der Waals surface area contributed by atoms with Gasteiger partial charge >= 0.3 is 0 Å². The third-order valence-corrected chi connectivity index (χ3v) is 11.8. The maximum atomic E-state index is 14.1. The van der Waals surface area contributed by atoms with Crippen LogP contribution in [0.3, 0.4) is 0 Å². The minimum Gasteiger partial charge on any atom is -0.381 e. The molecule has 0 atom stereocenters. The molecule has 3 aliphatic rings. The maximum absolute atomic E-state index is 14.1. The molecule has 5 aromatic rings. The van der Waals surface area contributed by atoms with E-state index in [1.807, 2.05) is 57.2 Å². The molecule has 1 spiro atoms. The molecule has 0 bridgehead atoms. The molecular formula is C42H39N7O4S. The largest absolute Gasteiger partial charge is 0.381 e. The number of amides is 3. The summed E-state index contributed by atoms with van der Waals surface area (Å²) < 4.78 is 5.57. The van der Waals surface area contributed by atoms with E-state index in [4.69, 9.17) is 14.7 Å². The third-order valence-electron chi connectivity index (χ3n) is 10.6. The molecule has 11 nitrogen and oxygen atoms in total. The van der Waals surface area contributed by atoms with Gasteiger partial charge in [-0.05, 0) is 112 Å². The number of hydrogen-bond acceptors (Lipinski definition) is 9. The number of nitrogens with zero attached hydrogens (tertiary/aromatic N) is 5. The van der Waals surface area contributed by atoms with Crippen molar-refractivity contribution in [1.82, 2.24) is 9.97 Å². The Morgan fingerprint density at radius 1 is 0.889 bits per heavy atom. The summed E-state index contributed by atoms with van der Waals surface area (Å²) in [5.41, 5.74) is 7.36. The van der Waals surface area contributed by atoms with Gasteiger partial charge in [-0.25, -0.2) is 4.98 Å². The fourth-order valence-corrected chi connectivity index (χ4v) is 8.68. The Hall–Kier alpha value is -5.90. The zero-order chi connectivity index (χ0) is 37.6. The van der Waals surface area contributed by atoms with Crippen molar-refractivity contribution in [1.29, 1.82) is 5.26 Å². The van der Waals surface area contributed by atoms with E-state index in [2.05, 4.69) is 21.6 Å². The Balaban J connectivity index is 0.990. The molecule has 8 rings (SSSR count). The van der Waals surface area contributed by atoms with Gasteiger partial charge in [0.05, 0.1) is 32.3 Å². The van der Waals surface area contributed by atoms with Gasteiger partial charge in [-0.3, -0.25) is 19.4 Å². The monoisotopic (exact) mass is 737 g/mol. The lowest BCUT2D eigenvalue weighted by atomic mass is 9.73. The minimum atomic E-state index is -0.299. The van der Waals surface area contributed by atoms with Gasteiger partial charge in [0.15, 0.2) is 0 Å². The molecule has 2 saturated heterocycles. The highest BCUT2D eigenvalue weighted by atomic mass is 32.1. The number of rotatable bonds is 6. The number of carbonyl (C=O) groups is 3. The van der Waals surface area contributed by atoms with Crippen molar-refractivity contribution in [3.8, 4) is 16.6 Å². The number of hydrogen-bond donors (Lipinski definition) is 2. The lowest BCUT2D eigenvalue weighted by Crippen LogP contribution is -2.59. The van der Waals surface area contributed by atoms with E-state index in [-0.39, 0.29) is 23.1 Å². The number of nitriles is 1. The average Bonchev–Trinajstić information content (AvgIpc) is 3.53. The van der Waals surface area contributed by atoms with Crippen LogP contribution in [0.4, 0.5) is 22.9 Å². The van der Waals surface area contributed by atoms with Gasteiger partial charge in [0.25, 0.3) is 17.7 Å². The van der Waals surface area contributed by atoms with Gasteiger partial charge in [-0.1, -0.05) is 12.1 Å². The Labute approximate surface area is 317 Å². The number of aryl methyl sites for hydroxylation is 3. The van der Waals surface area contributed by atoms with E-state index in [0.717, 1.165) is 66.5 Å². The van der Waals surface area contributed by atoms with E-state index >= 15 is 0 Å². The summed E-state index contributed by atoms with van der Waals surface area (Å²) in [6, 6.07) is 23.7. The Kier molecular flexibility index (Phi) is 9.21. The smallest absolute Gasteiger partial charge is 0.265 e. The van der Waals surface area contributed by atoms with Crippen molar-refractivity contribution in [2.45, 2.75) is 40.0 Å². The molecule has 12 heteroatoms. The van der Waals surface area contributed by atoms with Crippen LogP contribution in [0.25, 0.3) is 10.6 Å². The van der Waals surface area contributed by atoms with Crippen LogP contribution in [0.2, 0.25) is 0 Å². The molecule has 0 saturated carbocycles. The molecule has 54 heavy (non-hydrogen) atoms. The third kappa shape index (κ3) is 6.61. The predicted octanol–water partition coefficient (Wildman–Crippen LogP) is 7.33. The molecular weight excluding hydrogens is 699 g/mol. The first-order chi connectivity index (χ1) is 26.1. The molecule has 3 aliphatic heterocycles. The highest BCUT2D eigenvalue weighted by Gasteiger charge is 2.45. The van der Waals surface area contributed by atoms with Crippen LogP contribution in [0.5, 0.6) is 0 Å². The summed E-state index contributed by atoms with van der Waals surface area (Å²) in [6.07, 6.45) is 2.56. The van der Waals surface area contributed by atoms with Crippen LogP contribution in [-0.2, 0) is 11.2 Å². The quantitative estimate of drug-likeness (QED) is 0.185. The maximum Gasteiger partial charge on any atom is 0.265 e. The summed E-state index contributed by atoms with van der Waals surface area (Å²) in [5, 5.41) is 15.5. The van der Waals surface area contributed by atoms with Crippen molar-refractivity contribution >= 4 is 51.9 Å². The Morgan fingerprint density at radius 2 is 1.63 bits per heavy atom. The normalized spacial score (nSPS) is 15.7. The standard InChI is InChI=1S/C42H39N7O4S/c1-25-5-4-6-30(22-43)35(25)47-40(51)34-21-29-15-18-49(33-14-8-26(2)44-36(33)37(29)54-34)41(52)28-9-11-31(12-10-28)46-39(50)32-13-7-27(3)45-38(32)48-23-42(24-48)16-19-53-20-17-42/h4-14,21H,15-20,23-24H2,1-3H3,(H,46,50)(H,47,51). The van der Waals surface area contributed by atoms with Crippen LogP contribution in [0.15, 0.2) is 72.8 Å². The summed E-state index contributed by atoms with van der Waals surface area (Å²) in [7, 11) is 0. The summed E-state index contributed by atoms with van der Waals surface area (Å²) >= 11 is 1.33. The van der Waals surface area contributed by atoms with E-state index in [1.165, 1.54) is 11.3 Å². The highest BCUT2D eigenvalue weighted by Crippen LogP contribution is 2.43. The van der Waals surface area contributed by atoms with Crippen LogP contribution in [0.1, 0.15) is 71.3 Å². The molecule has 272 valence electrons. The average molecular weight is 738 g/mol. The number of fused-ring (bicyclic) bond motifs is 3. The molecule has 2 N–H and O–H groups in total. The number of carbonyl (C=O) groups excluding carboxylic acids is 3.